The molecule has 4 N–H and O–H groups in total. The van der Waals surface area contributed by atoms with Crippen LogP contribution in [-0.2, 0) is 71.6 Å². The van der Waals surface area contributed by atoms with Crippen molar-refractivity contribution in [3.63, 3.8) is 0 Å². The number of hydrogen-bond donors (Lipinski definition) is 4. The van der Waals surface area contributed by atoms with Crippen molar-refractivity contribution in [2.45, 2.75) is 328 Å². The fraction of sp³-hybridized carbons (Fsp3) is 0.567. The molecule has 0 radical (unpaired) electrons. The van der Waals surface area contributed by atoms with E-state index in [9.17, 15) is 61.5 Å². The number of carbonyl (C=O) groups excluding carboxylic acids is 11. The number of amides is 4. The Morgan fingerprint density at radius 3 is 1.18 bits per heavy atom. The van der Waals surface area contributed by atoms with Crippen LogP contribution >= 0.6 is 23.2 Å². The molecule has 10 aromatic rings. The summed E-state index contributed by atoms with van der Waals surface area (Å²) in [6.07, 6.45) is 38.4. The molecule has 13 atom stereocenters. The van der Waals surface area contributed by atoms with Gasteiger partial charge < -0.3 is 63.9 Å². The summed E-state index contributed by atoms with van der Waals surface area (Å²) < 4.78 is 44.9. The molecule has 5 aromatic carbocycles. The first-order chi connectivity index (χ1) is 72.2. The molecular formula is C120H158Cl2F2N14O12. The summed E-state index contributed by atoms with van der Waals surface area (Å²) in [5.74, 6) is 0.659. The van der Waals surface area contributed by atoms with Crippen LogP contribution in [0.3, 0.4) is 0 Å². The monoisotopic (exact) mass is 2100 g/mol. The van der Waals surface area contributed by atoms with Crippen molar-refractivity contribution >= 4 is 131 Å². The minimum absolute atomic E-state index is 0.0111. The standard InChI is InChI=1S/C34H42FN3O4.C30H40FN5O2.2C28H38ClN3O3/c1-22(36-3)33(40)18-29(24-10-6-4-7-11-24)34(41)38-20-28(42-27-12-8-5-9-13-27)17-26(38)19-37-21-31(23(2)39)30-16-25(35)14-15-32(30)37;1-20(32-2)29(37)17-24(21-8-5-4-6-9-21)30(38)36-15-7-10-23(36)18-35-19-26(27-13-14-33-34(27)3)25-16-22(31)11-12-28(25)35;1-18(30-3)26(34)15-22(20-9-5-4-6-10-20)28(35)32-14-8-11-21(32)16-31-17-23(19(2)33)27-24(29)12-7-13-25(27)31;1-18(30-3)27(34)15-24(20-8-5-4-6-9-20)28(35)32-13-7-10-22(32)16-31-17-25(19(2)33)23-12-11-21(29)14-26(23)31/h5,8-9,12-16,21-22,24,26,28-29,36H,4,6-7,10-11,17-20H2,1-3H3;11-14,16,19-21,23-24,32H,4-10,15,17-18H2,1-3H3;7,12-13,17-18,20-22,30H,4-6,8-11,14-16H2,1-3H3;11-12,14,17-18,20,22,24,30H,4-10,13,15-16H2,1-3H3/t22-,26-,28-,29-;20-,23-,24-;18-,21-,22-;18-,22-,24-/m0000/s1. The summed E-state index contributed by atoms with van der Waals surface area (Å²) in [7, 11) is 9.03. The number of halogens is 4. The van der Waals surface area contributed by atoms with Gasteiger partial charge in [0.05, 0.1) is 58.5 Å². The highest BCUT2D eigenvalue weighted by Gasteiger charge is 2.47. The number of Topliss-reactive ketones (excluding diaryl/α,β-unsaturated/α-hetero) is 7. The number of carbonyl (C=O) groups is 11. The van der Waals surface area contributed by atoms with E-state index < -0.39 is 5.82 Å². The van der Waals surface area contributed by atoms with E-state index >= 15 is 0 Å². The van der Waals surface area contributed by atoms with Gasteiger partial charge in [-0.15, -0.1) is 0 Å². The van der Waals surface area contributed by atoms with E-state index in [0.29, 0.717) is 90.5 Å². The molecule has 26 nitrogen and oxygen atoms in total. The first-order valence-corrected chi connectivity index (χ1v) is 56.4. The third-order valence-corrected chi connectivity index (χ3v) is 35.0. The van der Waals surface area contributed by atoms with Gasteiger partial charge in [0.25, 0.3) is 0 Å². The highest BCUT2D eigenvalue weighted by atomic mass is 35.5. The van der Waals surface area contributed by atoms with E-state index in [2.05, 4.69) is 51.2 Å². The van der Waals surface area contributed by atoms with E-state index in [4.69, 9.17) is 27.9 Å². The number of likely N-dealkylation sites (N-methyl/N-ethyl adjacent to an activating group) is 4. The van der Waals surface area contributed by atoms with Gasteiger partial charge >= 0.3 is 0 Å². The van der Waals surface area contributed by atoms with Crippen molar-refractivity contribution in [2.75, 3.05) is 54.4 Å². The van der Waals surface area contributed by atoms with E-state index in [-0.39, 0.29) is 178 Å². The maximum absolute atomic E-state index is 14.5. The van der Waals surface area contributed by atoms with Gasteiger partial charge in [0.1, 0.15) is 46.6 Å². The van der Waals surface area contributed by atoms with Crippen LogP contribution in [0.15, 0.2) is 140 Å². The van der Waals surface area contributed by atoms with Gasteiger partial charge in [-0.2, -0.15) is 5.10 Å². The van der Waals surface area contributed by atoms with E-state index in [1.807, 2.05) is 145 Å². The average Bonchev–Trinajstić information content (AvgIpc) is 1.63. The number of hydrogen-bond acceptors (Lipinski definition) is 17. The number of rotatable bonds is 38. The Labute approximate surface area is 893 Å². The number of aromatic nitrogens is 6. The number of aryl methyl sites for hydroxylation is 1. The molecule has 4 aliphatic carbocycles. The maximum atomic E-state index is 14.5. The predicted molar refractivity (Wildman–Crippen MR) is 588 cm³/mol. The zero-order chi connectivity index (χ0) is 107. The molecule has 4 saturated carbocycles. The Hall–Kier alpha value is -10.9. The molecule has 9 heterocycles. The molecular weight excluding hydrogens is 1940 g/mol. The SMILES string of the molecule is CN[C@@H](C)C(=O)C[C@H](C(=O)N1CCC[C@H]1Cn1cc(-c2ccnn2C)c2cc(F)ccc21)C1CCCCC1.CN[C@@H](C)C(=O)C[C@H](C(=O)N1CCC[C@H]1Cn1cc(C(C)=O)c2c(Cl)cccc21)C1CCCCC1.CN[C@@H](C)C(=O)C[C@H](C(=O)N1CCC[C@H]1Cn1cc(C(C)=O)c2ccc(Cl)cc21)C1CCCCC1.CN[C@@H](C)C(=O)C[C@H](C(=O)N1C[C@@H](Oc2ccccc2)C[C@H]1Cn1cc(C(C)=O)c2cc(F)ccc21)C1CCCCC1. The number of likely N-dealkylation sites (tertiary alicyclic amines) is 4. The number of nitrogens with zero attached hydrogens (tertiary/aromatic N) is 10. The molecule has 0 bridgehead atoms. The fourth-order valence-corrected chi connectivity index (χ4v) is 25.8. The van der Waals surface area contributed by atoms with Crippen LogP contribution in [0.25, 0.3) is 54.9 Å². The molecule has 8 fully saturated rings. The number of ether oxygens (including phenoxy) is 1. The van der Waals surface area contributed by atoms with Gasteiger partial charge in [-0.1, -0.05) is 131 Å². The van der Waals surface area contributed by atoms with Crippen LogP contribution in [0.2, 0.25) is 10.0 Å². The number of para-hydroxylation sites is 1. The largest absolute Gasteiger partial charge is 0.489 e. The van der Waals surface area contributed by atoms with Crippen LogP contribution in [0, 0.1) is 59.0 Å². The molecule has 150 heavy (non-hydrogen) atoms. The molecule has 18 rings (SSSR count). The molecule has 4 amide bonds. The summed E-state index contributed by atoms with van der Waals surface area (Å²) in [5.41, 5.74) is 7.16. The first-order valence-electron chi connectivity index (χ1n) is 55.6. The highest BCUT2D eigenvalue weighted by Crippen LogP contribution is 2.44. The van der Waals surface area contributed by atoms with Crippen LogP contribution in [0.4, 0.5) is 8.78 Å². The molecule has 4 saturated heterocycles. The van der Waals surface area contributed by atoms with Crippen molar-refractivity contribution in [3.05, 3.63) is 179 Å². The van der Waals surface area contributed by atoms with Crippen LogP contribution < -0.4 is 26.0 Å². The third kappa shape index (κ3) is 27.1. The van der Waals surface area contributed by atoms with Gasteiger partial charge in [-0.05, 0) is 269 Å². The van der Waals surface area contributed by atoms with Gasteiger partial charge in [0.15, 0.2) is 17.3 Å². The van der Waals surface area contributed by atoms with E-state index in [1.54, 1.807) is 71.2 Å². The van der Waals surface area contributed by atoms with E-state index in [0.717, 1.165) is 223 Å². The summed E-state index contributed by atoms with van der Waals surface area (Å²) in [5, 5.41) is 20.8. The minimum Gasteiger partial charge on any atom is -0.489 e. The van der Waals surface area contributed by atoms with E-state index in [1.165, 1.54) is 44.4 Å². The summed E-state index contributed by atoms with van der Waals surface area (Å²) in [6.45, 7) is 17.0. The van der Waals surface area contributed by atoms with Crippen LogP contribution in [0.5, 0.6) is 5.75 Å². The Bertz CT molecular complexity index is 6320. The summed E-state index contributed by atoms with van der Waals surface area (Å²) in [4.78, 5) is 154. The predicted octanol–water partition coefficient (Wildman–Crippen LogP) is 21.2. The zero-order valence-electron chi connectivity index (χ0n) is 90.1. The Balaban J connectivity index is 0.000000150. The average molecular weight is 2100 g/mol. The quantitative estimate of drug-likeness (QED) is 0.0261. The van der Waals surface area contributed by atoms with Gasteiger partial charge in [-0.25, -0.2) is 8.78 Å². The molecule has 0 spiro atoms. The summed E-state index contributed by atoms with van der Waals surface area (Å²) in [6, 6.07) is 31.1. The molecule has 808 valence electrons. The zero-order valence-corrected chi connectivity index (χ0v) is 91.6. The number of ketones is 7. The summed E-state index contributed by atoms with van der Waals surface area (Å²) >= 11 is 12.8. The lowest BCUT2D eigenvalue weighted by atomic mass is 9.76. The lowest BCUT2D eigenvalue weighted by Gasteiger charge is -2.35. The van der Waals surface area contributed by atoms with Crippen molar-refractivity contribution in [1.82, 2.24) is 68.9 Å². The lowest BCUT2D eigenvalue weighted by Crippen LogP contribution is -2.46. The second kappa shape index (κ2) is 52.6. The Morgan fingerprint density at radius 1 is 0.387 bits per heavy atom. The topological polar surface area (TPSA) is 296 Å². The van der Waals surface area contributed by atoms with Gasteiger partial charge in [0.2, 0.25) is 23.6 Å². The molecule has 0 unspecified atom stereocenters. The Morgan fingerprint density at radius 2 is 0.767 bits per heavy atom. The number of nitrogens with one attached hydrogen (secondary N) is 4. The molecule has 8 aliphatic rings. The minimum atomic E-state index is -0.396. The number of benzene rings is 5. The fourth-order valence-electron chi connectivity index (χ4n) is 25.4. The lowest BCUT2D eigenvalue weighted by molar-refractivity contribution is -0.142. The van der Waals surface area contributed by atoms with Crippen molar-refractivity contribution in [2.24, 2.45) is 54.4 Å². The molecule has 5 aromatic heterocycles. The van der Waals surface area contributed by atoms with Gasteiger partial charge in [0, 0.05) is 218 Å². The molecule has 4 aliphatic heterocycles. The highest BCUT2D eigenvalue weighted by molar-refractivity contribution is 6.37. The first kappa shape index (κ1) is 113. The van der Waals surface area contributed by atoms with Crippen molar-refractivity contribution in [1.29, 1.82) is 0 Å². The maximum Gasteiger partial charge on any atom is 0.226 e. The second-order valence-corrected chi connectivity index (χ2v) is 44.9. The third-order valence-electron chi connectivity index (χ3n) is 34.4. The Kier molecular flexibility index (Phi) is 39.7. The number of fused-ring (bicyclic) bond motifs is 4. The van der Waals surface area contributed by atoms with Crippen LogP contribution in [0.1, 0.15) is 279 Å². The smallest absolute Gasteiger partial charge is 0.226 e. The van der Waals surface area contributed by atoms with Gasteiger partial charge in [-0.3, -0.25) is 57.4 Å². The van der Waals surface area contributed by atoms with Crippen LogP contribution in [-0.4, -0.2) is 221 Å². The second-order valence-electron chi connectivity index (χ2n) is 44.1. The molecule has 30 heteroatoms. The normalized spacial score (nSPS) is 20.7. The van der Waals surface area contributed by atoms with Crippen molar-refractivity contribution in [3.8, 4) is 17.0 Å². The van der Waals surface area contributed by atoms with Crippen molar-refractivity contribution < 1.29 is 66.3 Å².